The molecule has 0 aromatic carbocycles. The number of halogens is 1. The minimum atomic E-state index is 0.167. The Kier molecular flexibility index (Phi) is 4.73. The number of piperidine rings is 1. The largest absolute Gasteiger partial charge is 0.340 e. The van der Waals surface area contributed by atoms with Crippen molar-refractivity contribution < 1.29 is 4.79 Å². The van der Waals surface area contributed by atoms with Gasteiger partial charge in [0.25, 0.3) is 0 Å². The molecule has 3 heterocycles. The zero-order chi connectivity index (χ0) is 16.6. The second kappa shape index (κ2) is 6.61. The molecule has 23 heavy (non-hydrogen) atoms. The van der Waals surface area contributed by atoms with E-state index in [9.17, 15) is 4.79 Å². The van der Waals surface area contributed by atoms with E-state index in [4.69, 9.17) is 11.6 Å². The monoisotopic (exact) mass is 352 g/mol. The van der Waals surface area contributed by atoms with Gasteiger partial charge in [0.15, 0.2) is 0 Å². The van der Waals surface area contributed by atoms with Crippen LogP contribution in [0, 0.1) is 13.8 Å². The molecule has 1 unspecified atom stereocenters. The van der Waals surface area contributed by atoms with Gasteiger partial charge in [0.2, 0.25) is 11.0 Å². The highest BCUT2D eigenvalue weighted by atomic mass is 35.5. The van der Waals surface area contributed by atoms with Crippen molar-refractivity contribution in [3.05, 3.63) is 27.5 Å². The number of rotatable bonds is 3. The third kappa shape index (κ3) is 3.28. The van der Waals surface area contributed by atoms with E-state index >= 15 is 0 Å². The molecule has 1 amide bonds. The average Bonchev–Trinajstić information content (AvgIpc) is 3.08. The van der Waals surface area contributed by atoms with Crippen LogP contribution in [-0.4, -0.2) is 38.2 Å². The van der Waals surface area contributed by atoms with Crippen molar-refractivity contribution in [2.24, 2.45) is 0 Å². The summed E-state index contributed by atoms with van der Waals surface area (Å²) in [6.07, 6.45) is 3.76. The second-order valence-corrected chi connectivity index (χ2v) is 7.34. The predicted molar refractivity (Wildman–Crippen MR) is 92.5 cm³/mol. The molecule has 1 aliphatic heterocycles. The molecule has 2 aromatic heterocycles. The average molecular weight is 353 g/mol. The molecule has 124 valence electrons. The molecule has 0 saturated carbocycles. The quantitative estimate of drug-likeness (QED) is 0.848. The third-order valence-electron chi connectivity index (χ3n) is 4.38. The van der Waals surface area contributed by atoms with E-state index in [-0.39, 0.29) is 5.91 Å². The van der Waals surface area contributed by atoms with Crippen molar-refractivity contribution in [2.75, 3.05) is 6.54 Å². The van der Waals surface area contributed by atoms with Crippen molar-refractivity contribution in [1.82, 2.24) is 19.7 Å². The Labute approximate surface area is 145 Å². The summed E-state index contributed by atoms with van der Waals surface area (Å²) in [6, 6.07) is 0.337. The normalized spacial score (nSPS) is 18.4. The van der Waals surface area contributed by atoms with Gasteiger partial charge in [-0.3, -0.25) is 4.79 Å². The number of hydrogen-bond acceptors (Lipinski definition) is 4. The Morgan fingerprint density at radius 2 is 2.22 bits per heavy atom. The lowest BCUT2D eigenvalue weighted by atomic mass is 10.0. The minimum Gasteiger partial charge on any atom is -0.340 e. The van der Waals surface area contributed by atoms with Crippen LogP contribution < -0.4 is 0 Å². The Morgan fingerprint density at radius 3 is 2.87 bits per heavy atom. The fourth-order valence-electron chi connectivity index (χ4n) is 3.01. The van der Waals surface area contributed by atoms with Crippen LogP contribution in [0.3, 0.4) is 0 Å². The van der Waals surface area contributed by atoms with Gasteiger partial charge >= 0.3 is 0 Å². The molecule has 0 N–H and O–H groups in total. The third-order valence-corrected chi connectivity index (χ3v) is 5.79. The van der Waals surface area contributed by atoms with Gasteiger partial charge in [-0.2, -0.15) is 5.10 Å². The first-order valence-electron chi connectivity index (χ1n) is 7.93. The Balaban J connectivity index is 1.74. The summed E-state index contributed by atoms with van der Waals surface area (Å²) >= 11 is 7.68. The van der Waals surface area contributed by atoms with Crippen LogP contribution in [0.5, 0.6) is 0 Å². The van der Waals surface area contributed by atoms with E-state index in [1.165, 1.54) is 17.8 Å². The number of carbonyl (C=O) groups excluding carboxylic acids is 1. The molecule has 0 bridgehead atoms. The van der Waals surface area contributed by atoms with Crippen molar-refractivity contribution in [2.45, 2.75) is 52.5 Å². The van der Waals surface area contributed by atoms with Crippen molar-refractivity contribution in [1.29, 1.82) is 0 Å². The van der Waals surface area contributed by atoms with E-state index in [1.54, 1.807) is 4.68 Å². The van der Waals surface area contributed by atoms with Crippen LogP contribution in [0.2, 0.25) is 5.02 Å². The van der Waals surface area contributed by atoms with Crippen LogP contribution in [0.15, 0.2) is 5.38 Å². The molecule has 3 rings (SSSR count). The maximum atomic E-state index is 12.5. The Hall–Kier alpha value is -1.40. The smallest absolute Gasteiger partial charge is 0.228 e. The first-order valence-corrected chi connectivity index (χ1v) is 9.19. The highest BCUT2D eigenvalue weighted by molar-refractivity contribution is 7.12. The molecule has 1 atom stereocenters. The van der Waals surface area contributed by atoms with Gasteiger partial charge in [-0.25, -0.2) is 9.67 Å². The maximum absolute atomic E-state index is 12.5. The van der Waals surface area contributed by atoms with E-state index in [1.807, 2.05) is 24.1 Å². The summed E-state index contributed by atoms with van der Waals surface area (Å²) in [7, 11) is 0. The van der Waals surface area contributed by atoms with Crippen LogP contribution in [0.25, 0.3) is 5.13 Å². The zero-order valence-corrected chi connectivity index (χ0v) is 15.2. The summed E-state index contributed by atoms with van der Waals surface area (Å²) in [4.78, 5) is 19.1. The minimum absolute atomic E-state index is 0.167. The first-order chi connectivity index (χ1) is 11.0. The Bertz CT molecular complexity index is 724. The summed E-state index contributed by atoms with van der Waals surface area (Å²) in [6.45, 7) is 6.79. The highest BCUT2D eigenvalue weighted by Gasteiger charge is 2.24. The molecule has 5 nitrogen and oxygen atoms in total. The standard InChI is InChI=1S/C16H21ClN4OS/c1-10-6-4-5-7-20(10)14(22)8-13-9-23-16(18-13)21-12(3)15(17)11(2)19-21/h9-10H,4-8H2,1-3H3. The van der Waals surface area contributed by atoms with Crippen molar-refractivity contribution >= 4 is 28.8 Å². The van der Waals surface area contributed by atoms with E-state index in [0.29, 0.717) is 17.5 Å². The molecule has 2 aromatic rings. The number of carbonyl (C=O) groups is 1. The lowest BCUT2D eigenvalue weighted by Crippen LogP contribution is -2.42. The SMILES string of the molecule is Cc1nn(-c2nc(CC(=O)N3CCCCC3C)cs2)c(C)c1Cl. The zero-order valence-electron chi connectivity index (χ0n) is 13.7. The van der Waals surface area contributed by atoms with Crippen LogP contribution in [0.4, 0.5) is 0 Å². The molecule has 0 radical (unpaired) electrons. The number of nitrogens with zero attached hydrogens (tertiary/aromatic N) is 4. The van der Waals surface area contributed by atoms with Gasteiger partial charge in [-0.1, -0.05) is 11.6 Å². The molecular weight excluding hydrogens is 332 g/mol. The van der Waals surface area contributed by atoms with Crippen molar-refractivity contribution in [3.8, 4) is 5.13 Å². The van der Waals surface area contributed by atoms with E-state index in [0.717, 1.165) is 41.6 Å². The van der Waals surface area contributed by atoms with Gasteiger partial charge in [-0.05, 0) is 40.0 Å². The fourth-order valence-corrected chi connectivity index (χ4v) is 3.95. The van der Waals surface area contributed by atoms with Crippen molar-refractivity contribution in [3.63, 3.8) is 0 Å². The molecule has 0 aliphatic carbocycles. The molecule has 1 saturated heterocycles. The van der Waals surface area contributed by atoms with Crippen LogP contribution >= 0.6 is 22.9 Å². The molecule has 1 fully saturated rings. The summed E-state index contributed by atoms with van der Waals surface area (Å²) < 4.78 is 1.75. The van der Waals surface area contributed by atoms with E-state index < -0.39 is 0 Å². The first kappa shape index (κ1) is 16.5. The summed E-state index contributed by atoms with van der Waals surface area (Å²) in [5.74, 6) is 0.167. The fraction of sp³-hybridized carbons (Fsp3) is 0.562. The topological polar surface area (TPSA) is 51.0 Å². The van der Waals surface area contributed by atoms with Gasteiger partial charge in [0.1, 0.15) is 0 Å². The van der Waals surface area contributed by atoms with Gasteiger partial charge in [0.05, 0.1) is 28.5 Å². The highest BCUT2D eigenvalue weighted by Crippen LogP contribution is 2.25. The molecule has 0 spiro atoms. The second-order valence-electron chi connectivity index (χ2n) is 6.13. The number of amides is 1. The number of hydrogen-bond donors (Lipinski definition) is 0. The summed E-state index contributed by atoms with van der Waals surface area (Å²) in [5, 5.41) is 7.77. The van der Waals surface area contributed by atoms with Gasteiger partial charge in [-0.15, -0.1) is 11.3 Å². The summed E-state index contributed by atoms with van der Waals surface area (Å²) in [5.41, 5.74) is 2.47. The molecule has 7 heteroatoms. The van der Waals surface area contributed by atoms with Gasteiger partial charge < -0.3 is 4.90 Å². The molecular formula is C16H21ClN4OS. The van der Waals surface area contributed by atoms with Gasteiger partial charge in [0, 0.05) is 18.0 Å². The van der Waals surface area contributed by atoms with Crippen LogP contribution in [-0.2, 0) is 11.2 Å². The maximum Gasteiger partial charge on any atom is 0.228 e. The number of aromatic nitrogens is 3. The molecule has 1 aliphatic rings. The lowest BCUT2D eigenvalue weighted by molar-refractivity contribution is -0.133. The number of likely N-dealkylation sites (tertiary alicyclic amines) is 1. The Morgan fingerprint density at radius 1 is 1.43 bits per heavy atom. The predicted octanol–water partition coefficient (Wildman–Crippen LogP) is 3.54. The van der Waals surface area contributed by atoms with E-state index in [2.05, 4.69) is 17.0 Å². The number of aryl methyl sites for hydroxylation is 1. The number of thiazole rings is 1. The lowest BCUT2D eigenvalue weighted by Gasteiger charge is -2.33. The van der Waals surface area contributed by atoms with Crippen LogP contribution in [0.1, 0.15) is 43.3 Å².